The molecule has 2 aliphatic rings. The van der Waals surface area contributed by atoms with Crippen molar-refractivity contribution in [3.63, 3.8) is 0 Å². The summed E-state index contributed by atoms with van der Waals surface area (Å²) in [6, 6.07) is 7.15. The minimum absolute atomic E-state index is 0.0665. The van der Waals surface area contributed by atoms with Gasteiger partial charge in [0.25, 0.3) is 0 Å². The lowest BCUT2D eigenvalue weighted by Gasteiger charge is -2.40. The number of amides is 1. The van der Waals surface area contributed by atoms with Crippen LogP contribution >= 0.6 is 0 Å². The Labute approximate surface area is 174 Å². The zero-order valence-electron chi connectivity index (χ0n) is 18.2. The van der Waals surface area contributed by atoms with E-state index in [0.717, 1.165) is 39.0 Å². The molecule has 1 amide bonds. The van der Waals surface area contributed by atoms with Crippen molar-refractivity contribution < 1.29 is 4.79 Å². The second kappa shape index (κ2) is 7.96. The highest BCUT2D eigenvalue weighted by Crippen LogP contribution is 2.41. The summed E-state index contributed by atoms with van der Waals surface area (Å²) < 4.78 is 2.37. The molecule has 1 aliphatic heterocycles. The molecule has 29 heavy (non-hydrogen) atoms. The van der Waals surface area contributed by atoms with E-state index >= 15 is 0 Å². The largest absolute Gasteiger partial charge is 0.347 e. The highest BCUT2D eigenvalue weighted by atomic mass is 16.2. The van der Waals surface area contributed by atoms with Gasteiger partial charge in [-0.15, -0.1) is 0 Å². The van der Waals surface area contributed by atoms with Crippen molar-refractivity contribution in [1.82, 2.24) is 14.4 Å². The van der Waals surface area contributed by atoms with Gasteiger partial charge in [0.05, 0.1) is 5.92 Å². The van der Waals surface area contributed by atoms with Crippen molar-refractivity contribution in [2.75, 3.05) is 26.7 Å². The predicted octanol–water partition coefficient (Wildman–Crippen LogP) is 3.12. The third-order valence-electron chi connectivity index (χ3n) is 6.68. The van der Waals surface area contributed by atoms with Gasteiger partial charge in [-0.05, 0) is 63.4 Å². The average molecular weight is 395 g/mol. The molecule has 0 saturated heterocycles. The van der Waals surface area contributed by atoms with Gasteiger partial charge in [0.15, 0.2) is 0 Å². The quantitative estimate of drug-likeness (QED) is 0.819. The number of aromatic nitrogens is 1. The Bertz CT molecular complexity index is 938. The van der Waals surface area contributed by atoms with Gasteiger partial charge in [-0.25, -0.2) is 0 Å². The molecule has 0 fully saturated rings. The van der Waals surface area contributed by atoms with Crippen LogP contribution in [0.4, 0.5) is 0 Å². The highest BCUT2D eigenvalue weighted by Gasteiger charge is 2.36. The van der Waals surface area contributed by atoms with Crippen LogP contribution in [0.2, 0.25) is 0 Å². The standard InChI is InChI=1S/C24H34N4O/c1-5-27(6-2)24(29)18-12-20-19-8-7-9-21-23(19)17(13-22(20)26(4)14-18)15-28(21)11-10-16(3)25/h7-9,12,15-16,18,22H,5-6,10-11,13-14,25H2,1-4H3/t16?,18-,22-/m1/s1. The first-order valence-corrected chi connectivity index (χ1v) is 11.0. The molecular formula is C24H34N4O. The van der Waals surface area contributed by atoms with Crippen LogP contribution in [-0.4, -0.2) is 59.0 Å². The average Bonchev–Trinajstić information content (AvgIpc) is 3.07. The number of fused-ring (bicyclic) bond motifs is 2. The van der Waals surface area contributed by atoms with Crippen LogP contribution < -0.4 is 5.73 Å². The molecule has 156 valence electrons. The van der Waals surface area contributed by atoms with Crippen molar-refractivity contribution >= 4 is 22.4 Å². The number of carbonyl (C=O) groups excluding carboxylic acids is 1. The normalized spacial score (nSPS) is 22.3. The van der Waals surface area contributed by atoms with E-state index in [-0.39, 0.29) is 17.9 Å². The third kappa shape index (κ3) is 3.51. The third-order valence-corrected chi connectivity index (χ3v) is 6.68. The first-order chi connectivity index (χ1) is 13.9. The van der Waals surface area contributed by atoms with E-state index in [0.29, 0.717) is 6.04 Å². The molecule has 0 spiro atoms. The number of hydrogen-bond acceptors (Lipinski definition) is 3. The number of likely N-dealkylation sites (N-methyl/N-ethyl adjacent to an activating group) is 1. The van der Waals surface area contributed by atoms with E-state index in [1.165, 1.54) is 27.6 Å². The van der Waals surface area contributed by atoms with Crippen molar-refractivity contribution in [3.8, 4) is 0 Å². The summed E-state index contributed by atoms with van der Waals surface area (Å²) in [5.74, 6) is 0.184. The van der Waals surface area contributed by atoms with Gasteiger partial charge in [0.1, 0.15) is 0 Å². The number of rotatable bonds is 6. The lowest BCUT2D eigenvalue weighted by Crippen LogP contribution is -2.47. The SMILES string of the molecule is CCN(CC)C(=O)[C@@H]1C=C2c3cccc4c3c(cn4CCC(C)N)C[C@H]2N(C)C1. The predicted molar refractivity (Wildman–Crippen MR) is 120 cm³/mol. The fraction of sp³-hybridized carbons (Fsp3) is 0.542. The van der Waals surface area contributed by atoms with E-state index in [4.69, 9.17) is 5.73 Å². The van der Waals surface area contributed by atoms with E-state index in [1.54, 1.807) is 0 Å². The van der Waals surface area contributed by atoms with E-state index < -0.39 is 0 Å². The zero-order valence-corrected chi connectivity index (χ0v) is 18.2. The van der Waals surface area contributed by atoms with Gasteiger partial charge in [-0.3, -0.25) is 9.69 Å². The Balaban J connectivity index is 1.76. The molecule has 2 N–H and O–H groups in total. The van der Waals surface area contributed by atoms with Gasteiger partial charge in [0, 0.05) is 55.4 Å². The van der Waals surface area contributed by atoms with Gasteiger partial charge >= 0.3 is 0 Å². The molecule has 0 saturated carbocycles. The number of aryl methyl sites for hydroxylation is 1. The molecule has 5 nitrogen and oxygen atoms in total. The molecule has 0 bridgehead atoms. The molecule has 0 radical (unpaired) electrons. The summed E-state index contributed by atoms with van der Waals surface area (Å²) in [7, 11) is 2.17. The number of hydrogen-bond donors (Lipinski definition) is 1. The topological polar surface area (TPSA) is 54.5 Å². The van der Waals surface area contributed by atoms with Crippen LogP contribution in [0.25, 0.3) is 16.5 Å². The highest BCUT2D eigenvalue weighted by molar-refractivity contribution is 5.99. The molecule has 3 atom stereocenters. The molecular weight excluding hydrogens is 360 g/mol. The molecule has 4 rings (SSSR count). The number of carbonyl (C=O) groups is 1. The Morgan fingerprint density at radius 1 is 1.31 bits per heavy atom. The minimum atomic E-state index is -0.0665. The summed E-state index contributed by atoms with van der Waals surface area (Å²) in [4.78, 5) is 17.4. The molecule has 1 aliphatic carbocycles. The molecule has 1 aromatic heterocycles. The van der Waals surface area contributed by atoms with Crippen LogP contribution in [0.15, 0.2) is 30.5 Å². The Hall–Kier alpha value is -2.11. The summed E-state index contributed by atoms with van der Waals surface area (Å²) in [5, 5.41) is 1.36. The van der Waals surface area contributed by atoms with E-state index in [1.807, 2.05) is 4.90 Å². The number of benzene rings is 1. The molecule has 2 aromatic rings. The maximum absolute atomic E-state index is 13.1. The van der Waals surface area contributed by atoms with Gasteiger partial charge in [-0.2, -0.15) is 0 Å². The first-order valence-electron chi connectivity index (χ1n) is 11.0. The fourth-order valence-corrected chi connectivity index (χ4v) is 5.08. The Morgan fingerprint density at radius 3 is 2.76 bits per heavy atom. The lowest BCUT2D eigenvalue weighted by molar-refractivity contribution is -0.134. The minimum Gasteiger partial charge on any atom is -0.347 e. The maximum Gasteiger partial charge on any atom is 0.230 e. The monoisotopic (exact) mass is 394 g/mol. The molecule has 1 unspecified atom stereocenters. The first kappa shape index (κ1) is 20.2. The zero-order chi connectivity index (χ0) is 20.7. The van der Waals surface area contributed by atoms with Crippen LogP contribution in [0, 0.1) is 5.92 Å². The second-order valence-electron chi connectivity index (χ2n) is 8.71. The second-order valence-corrected chi connectivity index (χ2v) is 8.71. The van der Waals surface area contributed by atoms with Crippen molar-refractivity contribution in [1.29, 1.82) is 0 Å². The van der Waals surface area contributed by atoms with Gasteiger partial charge < -0.3 is 15.2 Å². The summed E-state index contributed by atoms with van der Waals surface area (Å²) in [6.45, 7) is 9.46. The molecule has 2 heterocycles. The van der Waals surface area contributed by atoms with Crippen molar-refractivity contribution in [2.45, 2.75) is 52.2 Å². The summed E-state index contributed by atoms with van der Waals surface area (Å²) in [5.41, 5.74) is 11.3. The lowest BCUT2D eigenvalue weighted by atomic mass is 9.79. The van der Waals surface area contributed by atoms with Gasteiger partial charge in [-0.1, -0.05) is 18.2 Å². The van der Waals surface area contributed by atoms with Crippen LogP contribution in [0.5, 0.6) is 0 Å². The Morgan fingerprint density at radius 2 is 2.07 bits per heavy atom. The number of nitrogens with two attached hydrogens (primary N) is 1. The van der Waals surface area contributed by atoms with Crippen molar-refractivity contribution in [2.24, 2.45) is 11.7 Å². The molecule has 1 aromatic carbocycles. The number of nitrogens with zero attached hydrogens (tertiary/aromatic N) is 3. The molecule has 5 heteroatoms. The Kier molecular flexibility index (Phi) is 5.54. The van der Waals surface area contributed by atoms with Crippen LogP contribution in [0.3, 0.4) is 0 Å². The van der Waals surface area contributed by atoms with Crippen molar-refractivity contribution in [3.05, 3.63) is 41.6 Å². The fourth-order valence-electron chi connectivity index (χ4n) is 5.08. The maximum atomic E-state index is 13.1. The summed E-state index contributed by atoms with van der Waals surface area (Å²) >= 11 is 0. The van der Waals surface area contributed by atoms with Crippen LogP contribution in [0.1, 0.15) is 38.3 Å². The van der Waals surface area contributed by atoms with Gasteiger partial charge in [0.2, 0.25) is 5.91 Å². The van der Waals surface area contributed by atoms with Crippen LogP contribution in [-0.2, 0) is 17.8 Å². The van der Waals surface area contributed by atoms with E-state index in [2.05, 4.69) is 67.8 Å². The summed E-state index contributed by atoms with van der Waals surface area (Å²) in [6.07, 6.45) is 6.57. The smallest absolute Gasteiger partial charge is 0.230 e. The van der Waals surface area contributed by atoms with E-state index in [9.17, 15) is 4.79 Å².